The van der Waals surface area contributed by atoms with Crippen molar-refractivity contribution in [1.29, 1.82) is 0 Å². The highest BCUT2D eigenvalue weighted by molar-refractivity contribution is 5.77. The Morgan fingerprint density at radius 3 is 2.88 bits per heavy atom. The number of aromatic nitrogens is 2. The first-order valence-electron chi connectivity index (χ1n) is 9.07. The van der Waals surface area contributed by atoms with Crippen LogP contribution in [0, 0.1) is 18.3 Å². The Balaban J connectivity index is 1.52. The highest BCUT2D eigenvalue weighted by atomic mass is 16.5. The molecule has 6 nitrogen and oxygen atoms in total. The Morgan fingerprint density at radius 1 is 1.35 bits per heavy atom. The summed E-state index contributed by atoms with van der Waals surface area (Å²) in [5, 5.41) is 9.77. The van der Waals surface area contributed by atoms with Gasteiger partial charge in [0.1, 0.15) is 6.61 Å². The standard InChI is InChI=1S/C20H23N3O3/c1-14-10-17(26-12-15-6-3-2-4-7-15)22-19(21-14)23-11-16-8-5-9-20(16,13-23)18(24)25/h2-4,6-7,10,16H,5,8-9,11-13H2,1H3,(H,24,25)/t16-,20+/m0/s1. The number of nitrogens with zero attached hydrogens (tertiary/aromatic N) is 3. The minimum Gasteiger partial charge on any atom is -0.481 e. The molecule has 2 fully saturated rings. The van der Waals surface area contributed by atoms with Gasteiger partial charge in [-0.1, -0.05) is 36.8 Å². The van der Waals surface area contributed by atoms with Crippen molar-refractivity contribution < 1.29 is 14.6 Å². The Labute approximate surface area is 152 Å². The monoisotopic (exact) mass is 353 g/mol. The fraction of sp³-hybridized carbons (Fsp3) is 0.450. The minimum absolute atomic E-state index is 0.179. The van der Waals surface area contributed by atoms with E-state index in [9.17, 15) is 9.90 Å². The predicted molar refractivity (Wildman–Crippen MR) is 97.2 cm³/mol. The number of hydrogen-bond acceptors (Lipinski definition) is 5. The average molecular weight is 353 g/mol. The molecular weight excluding hydrogens is 330 g/mol. The SMILES string of the molecule is Cc1cc(OCc2ccccc2)nc(N2C[C@@H]3CCC[C@@]3(C(=O)O)C2)n1. The van der Waals surface area contributed by atoms with E-state index in [1.807, 2.05) is 48.2 Å². The maximum Gasteiger partial charge on any atom is 0.311 e. The van der Waals surface area contributed by atoms with Gasteiger partial charge in [-0.2, -0.15) is 4.98 Å². The fourth-order valence-electron chi connectivity index (χ4n) is 4.26. The molecule has 1 N–H and O–H groups in total. The van der Waals surface area contributed by atoms with Crippen molar-refractivity contribution in [1.82, 2.24) is 9.97 Å². The second-order valence-electron chi connectivity index (χ2n) is 7.35. The summed E-state index contributed by atoms with van der Waals surface area (Å²) < 4.78 is 5.85. The van der Waals surface area contributed by atoms with Crippen molar-refractivity contribution >= 4 is 11.9 Å². The molecule has 0 spiro atoms. The van der Waals surface area contributed by atoms with Gasteiger partial charge in [-0.05, 0) is 31.2 Å². The van der Waals surface area contributed by atoms with Crippen LogP contribution in [-0.2, 0) is 11.4 Å². The molecule has 136 valence electrons. The van der Waals surface area contributed by atoms with E-state index in [2.05, 4.69) is 9.97 Å². The number of carbonyl (C=O) groups is 1. The van der Waals surface area contributed by atoms with Crippen molar-refractivity contribution in [3.8, 4) is 5.88 Å². The Bertz CT molecular complexity index is 811. The molecule has 1 aliphatic heterocycles. The lowest BCUT2D eigenvalue weighted by molar-refractivity contribution is -0.149. The maximum atomic E-state index is 11.9. The van der Waals surface area contributed by atoms with E-state index in [0.29, 0.717) is 31.5 Å². The zero-order valence-corrected chi connectivity index (χ0v) is 14.9. The molecule has 26 heavy (non-hydrogen) atoms. The summed E-state index contributed by atoms with van der Waals surface area (Å²) in [7, 11) is 0. The van der Waals surface area contributed by atoms with Crippen LogP contribution in [0.1, 0.15) is 30.5 Å². The first-order chi connectivity index (χ1) is 12.6. The van der Waals surface area contributed by atoms with Gasteiger partial charge in [0, 0.05) is 24.8 Å². The van der Waals surface area contributed by atoms with E-state index in [-0.39, 0.29) is 5.92 Å². The third-order valence-electron chi connectivity index (χ3n) is 5.63. The second-order valence-corrected chi connectivity index (χ2v) is 7.35. The molecule has 2 aromatic rings. The predicted octanol–water partition coefficient (Wildman–Crippen LogP) is 3.06. The van der Waals surface area contributed by atoms with Crippen molar-refractivity contribution in [2.45, 2.75) is 32.8 Å². The van der Waals surface area contributed by atoms with Crippen LogP contribution < -0.4 is 9.64 Å². The number of anilines is 1. The third kappa shape index (κ3) is 3.00. The van der Waals surface area contributed by atoms with Crippen LogP contribution in [-0.4, -0.2) is 34.1 Å². The summed E-state index contributed by atoms with van der Waals surface area (Å²) >= 11 is 0. The van der Waals surface area contributed by atoms with Gasteiger partial charge in [0.05, 0.1) is 5.41 Å². The molecule has 1 saturated carbocycles. The van der Waals surface area contributed by atoms with Gasteiger partial charge >= 0.3 is 5.97 Å². The minimum atomic E-state index is -0.685. The second kappa shape index (κ2) is 6.59. The quantitative estimate of drug-likeness (QED) is 0.890. The summed E-state index contributed by atoms with van der Waals surface area (Å²) in [5.74, 6) is 0.592. The lowest BCUT2D eigenvalue weighted by Crippen LogP contribution is -2.36. The first-order valence-corrected chi connectivity index (χ1v) is 9.07. The van der Waals surface area contributed by atoms with Gasteiger partial charge in [0.15, 0.2) is 0 Å². The van der Waals surface area contributed by atoms with Crippen molar-refractivity contribution in [2.75, 3.05) is 18.0 Å². The number of ether oxygens (including phenoxy) is 1. The van der Waals surface area contributed by atoms with Gasteiger partial charge in [-0.3, -0.25) is 4.79 Å². The fourth-order valence-corrected chi connectivity index (χ4v) is 4.26. The van der Waals surface area contributed by atoms with E-state index >= 15 is 0 Å². The number of fused-ring (bicyclic) bond motifs is 1. The smallest absolute Gasteiger partial charge is 0.311 e. The van der Waals surface area contributed by atoms with Gasteiger partial charge in [-0.25, -0.2) is 4.98 Å². The summed E-state index contributed by atoms with van der Waals surface area (Å²) in [6.45, 7) is 3.53. The van der Waals surface area contributed by atoms with E-state index in [0.717, 1.165) is 30.5 Å². The topological polar surface area (TPSA) is 75.5 Å². The van der Waals surface area contributed by atoms with E-state index in [1.54, 1.807) is 0 Å². The van der Waals surface area contributed by atoms with Crippen LogP contribution in [0.15, 0.2) is 36.4 Å². The highest BCUT2D eigenvalue weighted by Gasteiger charge is 2.55. The Hall–Kier alpha value is -2.63. The number of carboxylic acids is 1. The molecule has 1 aliphatic carbocycles. The molecule has 2 aliphatic rings. The molecule has 2 heterocycles. The zero-order valence-electron chi connectivity index (χ0n) is 14.9. The summed E-state index contributed by atoms with van der Waals surface area (Å²) in [6.07, 6.45) is 2.70. The largest absolute Gasteiger partial charge is 0.481 e. The van der Waals surface area contributed by atoms with Crippen LogP contribution in [0.25, 0.3) is 0 Å². The van der Waals surface area contributed by atoms with Gasteiger partial charge in [-0.15, -0.1) is 0 Å². The molecule has 6 heteroatoms. The molecular formula is C20H23N3O3. The number of aliphatic carboxylic acids is 1. The van der Waals surface area contributed by atoms with E-state index < -0.39 is 11.4 Å². The Kier molecular flexibility index (Phi) is 4.26. The first kappa shape index (κ1) is 16.8. The van der Waals surface area contributed by atoms with E-state index in [1.165, 1.54) is 0 Å². The highest BCUT2D eigenvalue weighted by Crippen LogP contribution is 2.49. The number of rotatable bonds is 5. The molecule has 4 rings (SSSR count). The van der Waals surface area contributed by atoms with Crippen LogP contribution in [0.4, 0.5) is 5.95 Å². The van der Waals surface area contributed by atoms with Gasteiger partial charge in [0.25, 0.3) is 0 Å². The molecule has 0 unspecified atom stereocenters. The molecule has 2 atom stereocenters. The van der Waals surface area contributed by atoms with Gasteiger partial charge < -0.3 is 14.7 Å². The number of aryl methyl sites for hydroxylation is 1. The van der Waals surface area contributed by atoms with Crippen LogP contribution >= 0.6 is 0 Å². The summed E-state index contributed by atoms with van der Waals surface area (Å²) in [6, 6.07) is 11.8. The Morgan fingerprint density at radius 2 is 2.15 bits per heavy atom. The average Bonchev–Trinajstić information content (AvgIpc) is 3.19. The van der Waals surface area contributed by atoms with Crippen molar-refractivity contribution in [3.05, 3.63) is 47.7 Å². The number of carboxylic acid groups (broad SMARTS) is 1. The normalized spacial score (nSPS) is 24.5. The molecule has 0 bridgehead atoms. The van der Waals surface area contributed by atoms with Crippen molar-refractivity contribution in [2.24, 2.45) is 11.3 Å². The maximum absolute atomic E-state index is 11.9. The van der Waals surface area contributed by atoms with Crippen LogP contribution in [0.5, 0.6) is 5.88 Å². The van der Waals surface area contributed by atoms with Crippen LogP contribution in [0.2, 0.25) is 0 Å². The molecule has 1 saturated heterocycles. The van der Waals surface area contributed by atoms with Gasteiger partial charge in [0.2, 0.25) is 11.8 Å². The number of hydrogen-bond donors (Lipinski definition) is 1. The lowest BCUT2D eigenvalue weighted by Gasteiger charge is -2.23. The summed E-state index contributed by atoms with van der Waals surface area (Å²) in [5.41, 5.74) is 1.25. The van der Waals surface area contributed by atoms with Crippen LogP contribution in [0.3, 0.4) is 0 Å². The van der Waals surface area contributed by atoms with Crippen molar-refractivity contribution in [3.63, 3.8) is 0 Å². The zero-order chi connectivity index (χ0) is 18.1. The molecule has 1 aromatic heterocycles. The lowest BCUT2D eigenvalue weighted by atomic mass is 9.81. The third-order valence-corrected chi connectivity index (χ3v) is 5.63. The van der Waals surface area contributed by atoms with E-state index in [4.69, 9.17) is 4.74 Å². The molecule has 0 amide bonds. The number of benzene rings is 1. The molecule has 1 aromatic carbocycles. The summed E-state index contributed by atoms with van der Waals surface area (Å²) in [4.78, 5) is 23.0. The molecule has 0 radical (unpaired) electrons.